The van der Waals surface area contributed by atoms with Crippen LogP contribution in [0.2, 0.25) is 0 Å². The van der Waals surface area contributed by atoms with E-state index in [4.69, 9.17) is 10.5 Å². The number of benzene rings is 1. The fourth-order valence-corrected chi connectivity index (χ4v) is 2.06. The van der Waals surface area contributed by atoms with Crippen LogP contribution in [0.1, 0.15) is 11.1 Å². The average molecular weight is 246 g/mol. The maximum absolute atomic E-state index is 9.50. The second-order valence-electron chi connectivity index (χ2n) is 2.74. The fraction of sp³-hybridized carbons (Fsp3) is 0.333. The third-order valence-corrected chi connectivity index (χ3v) is 2.77. The largest absolute Gasteiger partial charge is 0.504 e. The van der Waals surface area contributed by atoms with Crippen LogP contribution in [0.15, 0.2) is 10.5 Å². The number of halogens is 1. The predicted octanol–water partition coefficient (Wildman–Crippen LogP) is 1.93. The number of hydrogen-bond acceptors (Lipinski definition) is 3. The molecular weight excluding hydrogens is 234 g/mol. The first-order valence-electron chi connectivity index (χ1n) is 3.86. The van der Waals surface area contributed by atoms with Gasteiger partial charge in [-0.3, -0.25) is 0 Å². The first-order valence-corrected chi connectivity index (χ1v) is 4.66. The summed E-state index contributed by atoms with van der Waals surface area (Å²) >= 11 is 3.34. The van der Waals surface area contributed by atoms with Crippen LogP contribution in [-0.4, -0.2) is 12.2 Å². The zero-order valence-electron chi connectivity index (χ0n) is 7.60. The van der Waals surface area contributed by atoms with E-state index in [1.807, 2.05) is 6.92 Å². The molecule has 0 aliphatic carbocycles. The highest BCUT2D eigenvalue weighted by molar-refractivity contribution is 9.10. The molecule has 3 nitrogen and oxygen atoms in total. The summed E-state index contributed by atoms with van der Waals surface area (Å²) in [6.45, 7) is 2.31. The standard InChI is InChI=1S/C9H12BrNO2/c1-5-3-7(12)9(13-2)8(10)6(5)4-11/h3,12H,4,11H2,1-2H3. The maximum atomic E-state index is 9.50. The summed E-state index contributed by atoms with van der Waals surface area (Å²) in [5, 5.41) is 9.50. The van der Waals surface area contributed by atoms with Crippen molar-refractivity contribution >= 4 is 15.9 Å². The number of aromatic hydroxyl groups is 1. The van der Waals surface area contributed by atoms with Gasteiger partial charge in [0.25, 0.3) is 0 Å². The number of nitrogens with two attached hydrogens (primary N) is 1. The highest BCUT2D eigenvalue weighted by Gasteiger charge is 2.12. The SMILES string of the molecule is COc1c(O)cc(C)c(CN)c1Br. The molecule has 0 fully saturated rings. The summed E-state index contributed by atoms with van der Waals surface area (Å²) in [7, 11) is 1.51. The Bertz CT molecular complexity index is 298. The molecule has 0 bridgehead atoms. The summed E-state index contributed by atoms with van der Waals surface area (Å²) in [4.78, 5) is 0. The summed E-state index contributed by atoms with van der Waals surface area (Å²) in [6.07, 6.45) is 0. The predicted molar refractivity (Wildman–Crippen MR) is 55.0 cm³/mol. The number of phenols is 1. The van der Waals surface area contributed by atoms with Crippen LogP contribution >= 0.6 is 15.9 Å². The Morgan fingerprint density at radius 3 is 2.69 bits per heavy atom. The van der Waals surface area contributed by atoms with Gasteiger partial charge >= 0.3 is 0 Å². The van der Waals surface area contributed by atoms with Gasteiger partial charge in [-0.05, 0) is 40.0 Å². The lowest BCUT2D eigenvalue weighted by Crippen LogP contribution is -2.01. The van der Waals surface area contributed by atoms with Crippen molar-refractivity contribution in [3.05, 3.63) is 21.7 Å². The van der Waals surface area contributed by atoms with Crippen LogP contribution in [0.4, 0.5) is 0 Å². The van der Waals surface area contributed by atoms with Crippen LogP contribution in [-0.2, 0) is 6.54 Å². The Hall–Kier alpha value is -0.740. The summed E-state index contributed by atoms with van der Waals surface area (Å²) in [6, 6.07) is 1.64. The zero-order chi connectivity index (χ0) is 10.0. The summed E-state index contributed by atoms with van der Waals surface area (Å²) in [5.74, 6) is 0.565. The van der Waals surface area contributed by atoms with Crippen LogP contribution in [0, 0.1) is 6.92 Å². The minimum atomic E-state index is 0.129. The highest BCUT2D eigenvalue weighted by atomic mass is 79.9. The normalized spacial score (nSPS) is 10.2. The molecule has 0 radical (unpaired) electrons. The molecule has 0 saturated heterocycles. The van der Waals surface area contributed by atoms with E-state index in [-0.39, 0.29) is 5.75 Å². The smallest absolute Gasteiger partial charge is 0.175 e. The molecule has 3 N–H and O–H groups in total. The Balaban J connectivity index is 3.39. The van der Waals surface area contributed by atoms with Crippen molar-refractivity contribution in [3.63, 3.8) is 0 Å². The van der Waals surface area contributed by atoms with E-state index in [0.29, 0.717) is 12.3 Å². The van der Waals surface area contributed by atoms with Gasteiger partial charge in [0.2, 0.25) is 0 Å². The minimum absolute atomic E-state index is 0.129. The van der Waals surface area contributed by atoms with E-state index < -0.39 is 0 Å². The fourth-order valence-electron chi connectivity index (χ4n) is 1.23. The van der Waals surface area contributed by atoms with Crippen molar-refractivity contribution in [2.45, 2.75) is 13.5 Å². The maximum Gasteiger partial charge on any atom is 0.175 e. The van der Waals surface area contributed by atoms with Crippen molar-refractivity contribution in [2.24, 2.45) is 5.73 Å². The molecule has 13 heavy (non-hydrogen) atoms. The van der Waals surface area contributed by atoms with E-state index in [1.54, 1.807) is 6.07 Å². The molecule has 1 aromatic rings. The molecule has 0 spiro atoms. The molecule has 0 heterocycles. The van der Waals surface area contributed by atoms with Gasteiger partial charge in [-0.1, -0.05) is 0 Å². The van der Waals surface area contributed by atoms with Crippen molar-refractivity contribution in [3.8, 4) is 11.5 Å². The van der Waals surface area contributed by atoms with Gasteiger partial charge in [0.1, 0.15) is 0 Å². The van der Waals surface area contributed by atoms with Crippen molar-refractivity contribution < 1.29 is 9.84 Å². The van der Waals surface area contributed by atoms with E-state index in [2.05, 4.69) is 15.9 Å². The molecule has 0 saturated carbocycles. The van der Waals surface area contributed by atoms with Gasteiger partial charge in [0.05, 0.1) is 11.6 Å². The molecule has 72 valence electrons. The lowest BCUT2D eigenvalue weighted by Gasteiger charge is -2.12. The Morgan fingerprint density at radius 1 is 1.62 bits per heavy atom. The number of rotatable bonds is 2. The quantitative estimate of drug-likeness (QED) is 0.838. The van der Waals surface area contributed by atoms with Gasteiger partial charge in [-0.15, -0.1) is 0 Å². The van der Waals surface area contributed by atoms with Gasteiger partial charge in [-0.2, -0.15) is 0 Å². The number of phenolic OH excluding ortho intramolecular Hbond substituents is 1. The molecule has 0 aliphatic rings. The van der Waals surface area contributed by atoms with Crippen LogP contribution in [0.5, 0.6) is 11.5 Å². The van der Waals surface area contributed by atoms with E-state index >= 15 is 0 Å². The second-order valence-corrected chi connectivity index (χ2v) is 3.54. The molecule has 0 aromatic heterocycles. The molecular formula is C9H12BrNO2. The molecule has 0 aliphatic heterocycles. The Morgan fingerprint density at radius 2 is 2.23 bits per heavy atom. The van der Waals surface area contributed by atoms with Crippen LogP contribution in [0.25, 0.3) is 0 Å². The Kier molecular flexibility index (Phi) is 3.17. The summed E-state index contributed by atoms with van der Waals surface area (Å²) in [5.41, 5.74) is 7.46. The van der Waals surface area contributed by atoms with Gasteiger partial charge in [0, 0.05) is 6.54 Å². The van der Waals surface area contributed by atoms with Crippen molar-refractivity contribution in [1.82, 2.24) is 0 Å². The minimum Gasteiger partial charge on any atom is -0.504 e. The number of methoxy groups -OCH3 is 1. The van der Waals surface area contributed by atoms with Crippen LogP contribution in [0.3, 0.4) is 0 Å². The zero-order valence-corrected chi connectivity index (χ0v) is 9.18. The first kappa shape index (κ1) is 10.3. The van der Waals surface area contributed by atoms with Gasteiger partial charge in [-0.25, -0.2) is 0 Å². The van der Waals surface area contributed by atoms with E-state index in [0.717, 1.165) is 15.6 Å². The molecule has 4 heteroatoms. The van der Waals surface area contributed by atoms with E-state index in [9.17, 15) is 5.11 Å². The van der Waals surface area contributed by atoms with Gasteiger partial charge in [0.15, 0.2) is 11.5 Å². The molecule has 1 rings (SSSR count). The molecule has 0 atom stereocenters. The second kappa shape index (κ2) is 3.98. The highest BCUT2D eigenvalue weighted by Crippen LogP contribution is 2.38. The average Bonchev–Trinajstić information content (AvgIpc) is 2.04. The van der Waals surface area contributed by atoms with E-state index in [1.165, 1.54) is 7.11 Å². The third-order valence-electron chi connectivity index (χ3n) is 1.93. The molecule has 0 unspecified atom stereocenters. The summed E-state index contributed by atoms with van der Waals surface area (Å²) < 4.78 is 5.75. The lowest BCUT2D eigenvalue weighted by molar-refractivity contribution is 0.370. The Labute approximate surface area is 85.6 Å². The number of hydrogen-bond donors (Lipinski definition) is 2. The van der Waals surface area contributed by atoms with Crippen molar-refractivity contribution in [2.75, 3.05) is 7.11 Å². The lowest BCUT2D eigenvalue weighted by atomic mass is 10.1. The van der Waals surface area contributed by atoms with Crippen molar-refractivity contribution in [1.29, 1.82) is 0 Å². The molecule has 0 amide bonds. The van der Waals surface area contributed by atoms with Crippen LogP contribution < -0.4 is 10.5 Å². The third kappa shape index (κ3) is 1.78. The number of aryl methyl sites for hydroxylation is 1. The monoisotopic (exact) mass is 245 g/mol. The molecule has 1 aromatic carbocycles. The topological polar surface area (TPSA) is 55.5 Å². The number of ether oxygens (including phenoxy) is 1. The van der Waals surface area contributed by atoms with Gasteiger partial charge < -0.3 is 15.6 Å². The first-order chi connectivity index (χ1) is 6.11.